The summed E-state index contributed by atoms with van der Waals surface area (Å²) in [5, 5.41) is 0. The van der Waals surface area contributed by atoms with E-state index in [2.05, 4.69) is 11.8 Å². The average molecular weight is 303 g/mol. The minimum atomic E-state index is -0.410. The number of hydrogen-bond acceptors (Lipinski definition) is 1. The molecule has 0 unspecified atom stereocenters. The van der Waals surface area contributed by atoms with Crippen molar-refractivity contribution < 1.29 is 9.18 Å². The van der Waals surface area contributed by atoms with E-state index < -0.39 is 5.41 Å². The number of piperidine rings is 1. The zero-order chi connectivity index (χ0) is 15.6. The lowest BCUT2D eigenvalue weighted by atomic mass is 9.68. The number of hydrogen-bond donors (Lipinski definition) is 0. The lowest BCUT2D eigenvalue weighted by Crippen LogP contribution is -2.50. The van der Waals surface area contributed by atoms with E-state index in [1.807, 2.05) is 12.1 Å². The van der Waals surface area contributed by atoms with Crippen LogP contribution in [0.25, 0.3) is 0 Å². The normalized spacial score (nSPS) is 22.5. The summed E-state index contributed by atoms with van der Waals surface area (Å²) < 4.78 is 13.3. The summed E-state index contributed by atoms with van der Waals surface area (Å²) in [6.07, 6.45) is 7.40. The lowest BCUT2D eigenvalue weighted by Gasteiger charge is -2.42. The Kier molecular flexibility index (Phi) is 4.51. The van der Waals surface area contributed by atoms with E-state index >= 15 is 0 Å². The first kappa shape index (κ1) is 15.5. The Morgan fingerprint density at radius 2 is 1.68 bits per heavy atom. The number of halogens is 1. The molecule has 3 heteroatoms. The molecular formula is C19H26FNO. The van der Waals surface area contributed by atoms with Gasteiger partial charge in [0.15, 0.2) is 0 Å². The van der Waals surface area contributed by atoms with Crippen molar-refractivity contribution in [3.8, 4) is 0 Å². The minimum absolute atomic E-state index is 0.228. The van der Waals surface area contributed by atoms with Gasteiger partial charge in [-0.15, -0.1) is 0 Å². The van der Waals surface area contributed by atoms with E-state index in [0.717, 1.165) is 63.1 Å². The summed E-state index contributed by atoms with van der Waals surface area (Å²) in [6.45, 7) is 4.02. The first-order valence-electron chi connectivity index (χ1n) is 8.67. The van der Waals surface area contributed by atoms with E-state index in [9.17, 15) is 9.18 Å². The van der Waals surface area contributed by atoms with Crippen molar-refractivity contribution in [3.63, 3.8) is 0 Å². The van der Waals surface area contributed by atoms with Crippen LogP contribution in [0.15, 0.2) is 24.3 Å². The highest BCUT2D eigenvalue weighted by Gasteiger charge is 2.43. The highest BCUT2D eigenvalue weighted by molar-refractivity contribution is 5.88. The second-order valence-corrected chi connectivity index (χ2v) is 7.12. The molecule has 22 heavy (non-hydrogen) atoms. The van der Waals surface area contributed by atoms with Crippen LogP contribution in [-0.4, -0.2) is 23.9 Å². The number of nitrogens with zero attached hydrogens (tertiary/aromatic N) is 1. The Labute approximate surface area is 132 Å². The van der Waals surface area contributed by atoms with Crippen molar-refractivity contribution in [1.82, 2.24) is 4.90 Å². The van der Waals surface area contributed by atoms with Gasteiger partial charge in [0.25, 0.3) is 0 Å². The van der Waals surface area contributed by atoms with Crippen LogP contribution >= 0.6 is 0 Å². The average Bonchev–Trinajstić information content (AvgIpc) is 2.56. The number of carbonyl (C=O) groups is 1. The van der Waals surface area contributed by atoms with Gasteiger partial charge in [-0.25, -0.2) is 4.39 Å². The Morgan fingerprint density at radius 3 is 2.27 bits per heavy atom. The first-order chi connectivity index (χ1) is 10.6. The predicted octanol–water partition coefficient (Wildman–Crippen LogP) is 4.29. The van der Waals surface area contributed by atoms with Gasteiger partial charge in [0.05, 0.1) is 5.41 Å². The monoisotopic (exact) mass is 303 g/mol. The topological polar surface area (TPSA) is 20.3 Å². The number of rotatable bonds is 2. The van der Waals surface area contributed by atoms with Gasteiger partial charge in [-0.2, -0.15) is 0 Å². The van der Waals surface area contributed by atoms with Crippen molar-refractivity contribution in [1.29, 1.82) is 0 Å². The molecule has 0 bridgehead atoms. The Bertz CT molecular complexity index is 511. The van der Waals surface area contributed by atoms with Crippen LogP contribution in [-0.2, 0) is 10.2 Å². The molecule has 3 rings (SSSR count). The first-order valence-corrected chi connectivity index (χ1v) is 8.67. The van der Waals surface area contributed by atoms with Crippen LogP contribution in [0.3, 0.4) is 0 Å². The molecule has 1 aliphatic heterocycles. The Balaban J connectivity index is 1.88. The fraction of sp³-hybridized carbons (Fsp3) is 0.632. The molecule has 0 atom stereocenters. The molecule has 1 aromatic carbocycles. The summed E-state index contributed by atoms with van der Waals surface area (Å²) in [6, 6.07) is 6.64. The van der Waals surface area contributed by atoms with Gasteiger partial charge in [-0.05, 0) is 49.3 Å². The third-order valence-corrected chi connectivity index (χ3v) is 5.58. The molecular weight excluding hydrogens is 277 g/mol. The number of amides is 1. The van der Waals surface area contributed by atoms with Gasteiger partial charge < -0.3 is 4.90 Å². The molecule has 1 saturated carbocycles. The van der Waals surface area contributed by atoms with Crippen LogP contribution in [0.4, 0.5) is 4.39 Å². The maximum absolute atomic E-state index is 13.3. The highest BCUT2D eigenvalue weighted by Crippen LogP contribution is 2.41. The molecule has 0 spiro atoms. The quantitative estimate of drug-likeness (QED) is 0.798. The van der Waals surface area contributed by atoms with Crippen LogP contribution < -0.4 is 0 Å². The van der Waals surface area contributed by atoms with E-state index in [1.165, 1.54) is 18.6 Å². The lowest BCUT2D eigenvalue weighted by molar-refractivity contribution is -0.140. The third kappa shape index (κ3) is 2.90. The molecule has 2 aliphatic rings. The molecule has 2 nitrogen and oxygen atoms in total. The van der Waals surface area contributed by atoms with E-state index in [1.54, 1.807) is 0 Å². The maximum atomic E-state index is 13.3. The molecule has 1 aliphatic carbocycles. The van der Waals surface area contributed by atoms with Gasteiger partial charge in [0.2, 0.25) is 5.91 Å². The van der Waals surface area contributed by atoms with Crippen LogP contribution in [0.1, 0.15) is 57.4 Å². The number of benzene rings is 1. The molecule has 0 aromatic heterocycles. The van der Waals surface area contributed by atoms with E-state index in [0.29, 0.717) is 0 Å². The van der Waals surface area contributed by atoms with E-state index in [-0.39, 0.29) is 11.7 Å². The summed E-state index contributed by atoms with van der Waals surface area (Å²) in [5.74, 6) is 0.775. The SMILES string of the molecule is CC1CCN(C(=O)C2(c3ccc(F)cc3)CCCCC2)CC1. The Morgan fingerprint density at radius 1 is 1.09 bits per heavy atom. The molecule has 120 valence electrons. The van der Waals surface area contributed by atoms with Gasteiger partial charge >= 0.3 is 0 Å². The zero-order valence-corrected chi connectivity index (χ0v) is 13.5. The molecule has 2 fully saturated rings. The molecule has 0 N–H and O–H groups in total. The summed E-state index contributed by atoms with van der Waals surface area (Å²) in [7, 11) is 0. The zero-order valence-electron chi connectivity index (χ0n) is 13.5. The van der Waals surface area contributed by atoms with Crippen molar-refractivity contribution >= 4 is 5.91 Å². The summed E-state index contributed by atoms with van der Waals surface area (Å²) in [5.41, 5.74) is 0.601. The van der Waals surface area contributed by atoms with Crippen molar-refractivity contribution in [2.24, 2.45) is 5.92 Å². The van der Waals surface area contributed by atoms with Crippen LogP contribution in [0.2, 0.25) is 0 Å². The number of likely N-dealkylation sites (tertiary alicyclic amines) is 1. The largest absolute Gasteiger partial charge is 0.342 e. The summed E-state index contributed by atoms with van der Waals surface area (Å²) in [4.78, 5) is 15.4. The van der Waals surface area contributed by atoms with Crippen molar-refractivity contribution in [2.75, 3.05) is 13.1 Å². The van der Waals surface area contributed by atoms with Crippen LogP contribution in [0, 0.1) is 11.7 Å². The van der Waals surface area contributed by atoms with Gasteiger partial charge in [-0.3, -0.25) is 4.79 Å². The van der Waals surface area contributed by atoms with Crippen molar-refractivity contribution in [3.05, 3.63) is 35.6 Å². The predicted molar refractivity (Wildman–Crippen MR) is 86.1 cm³/mol. The molecule has 0 radical (unpaired) electrons. The van der Waals surface area contributed by atoms with Gasteiger partial charge in [-0.1, -0.05) is 38.3 Å². The molecule has 1 amide bonds. The Hall–Kier alpha value is -1.38. The second-order valence-electron chi connectivity index (χ2n) is 7.12. The van der Waals surface area contributed by atoms with Crippen molar-refractivity contribution in [2.45, 2.75) is 57.3 Å². The third-order valence-electron chi connectivity index (χ3n) is 5.58. The fourth-order valence-electron chi connectivity index (χ4n) is 4.06. The molecule has 1 aromatic rings. The molecule has 1 heterocycles. The molecule has 1 saturated heterocycles. The number of carbonyl (C=O) groups excluding carboxylic acids is 1. The maximum Gasteiger partial charge on any atom is 0.233 e. The summed E-state index contributed by atoms with van der Waals surface area (Å²) >= 11 is 0. The van der Waals surface area contributed by atoms with E-state index in [4.69, 9.17) is 0 Å². The minimum Gasteiger partial charge on any atom is -0.342 e. The second kappa shape index (κ2) is 6.39. The smallest absolute Gasteiger partial charge is 0.233 e. The standard InChI is InChI=1S/C19H26FNO/c1-15-9-13-21(14-10-15)18(22)19(11-3-2-4-12-19)16-5-7-17(20)8-6-16/h5-8,15H,2-4,9-14H2,1H3. The fourth-order valence-corrected chi connectivity index (χ4v) is 4.06. The van der Waals surface area contributed by atoms with Gasteiger partial charge in [0, 0.05) is 13.1 Å². The highest BCUT2D eigenvalue weighted by atomic mass is 19.1. The van der Waals surface area contributed by atoms with Crippen LogP contribution in [0.5, 0.6) is 0 Å². The van der Waals surface area contributed by atoms with Gasteiger partial charge in [0.1, 0.15) is 5.82 Å².